The highest BCUT2D eigenvalue weighted by atomic mass is 16.7. The van der Waals surface area contributed by atoms with Crippen molar-refractivity contribution in [1.29, 1.82) is 0 Å². The summed E-state index contributed by atoms with van der Waals surface area (Å²) in [5.41, 5.74) is 8.98. The van der Waals surface area contributed by atoms with E-state index in [1.807, 2.05) is 0 Å². The van der Waals surface area contributed by atoms with Crippen LogP contribution in [0.3, 0.4) is 0 Å². The van der Waals surface area contributed by atoms with Crippen molar-refractivity contribution in [3.8, 4) is 22.3 Å². The summed E-state index contributed by atoms with van der Waals surface area (Å²) in [4.78, 5) is 0. The van der Waals surface area contributed by atoms with Crippen LogP contribution in [0.4, 0.5) is 0 Å². The fourth-order valence-corrected chi connectivity index (χ4v) is 6.59. The Bertz CT molecular complexity index is 1620. The fraction of sp³-hybridized carbons (Fsp3) is 0.263. The quantitative estimate of drug-likeness (QED) is 0.181. The fourth-order valence-electron chi connectivity index (χ4n) is 6.59. The molecule has 0 radical (unpaired) electrons. The summed E-state index contributed by atoms with van der Waals surface area (Å²) in [5, 5.41) is 0. The Morgan fingerprint density at radius 1 is 0.659 bits per heavy atom. The van der Waals surface area contributed by atoms with E-state index in [4.69, 9.17) is 9.31 Å². The Morgan fingerprint density at radius 2 is 1.32 bits per heavy atom. The molecule has 0 saturated carbocycles. The maximum absolute atomic E-state index is 6.39. The number of fused-ring (bicyclic) bond motifs is 3. The second-order valence-electron chi connectivity index (χ2n) is 12.4. The molecular formula is C38H39BO2. The molecular weight excluding hydrogens is 499 g/mol. The molecule has 4 aromatic rings. The Kier molecular flexibility index (Phi) is 6.92. The zero-order valence-corrected chi connectivity index (χ0v) is 25.0. The second-order valence-corrected chi connectivity index (χ2v) is 12.4. The van der Waals surface area contributed by atoms with E-state index in [0.717, 1.165) is 11.0 Å². The molecule has 0 spiro atoms. The highest BCUT2D eigenvalue weighted by Gasteiger charge is 2.52. The first-order valence-electron chi connectivity index (χ1n) is 14.7. The Labute approximate surface area is 245 Å². The predicted octanol–water partition coefficient (Wildman–Crippen LogP) is 8.74. The Morgan fingerprint density at radius 3 is 2.05 bits per heavy atom. The average Bonchev–Trinajstić information content (AvgIpc) is 3.40. The van der Waals surface area contributed by atoms with Crippen LogP contribution in [0.15, 0.2) is 121 Å². The van der Waals surface area contributed by atoms with E-state index >= 15 is 0 Å². The van der Waals surface area contributed by atoms with Crippen LogP contribution in [0, 0.1) is 5.92 Å². The van der Waals surface area contributed by atoms with E-state index in [0.29, 0.717) is 0 Å². The summed E-state index contributed by atoms with van der Waals surface area (Å²) >= 11 is 0. The van der Waals surface area contributed by atoms with Gasteiger partial charge in [0.15, 0.2) is 0 Å². The summed E-state index contributed by atoms with van der Waals surface area (Å²) in [5.74, 6) is 0.217. The van der Waals surface area contributed by atoms with Crippen molar-refractivity contribution in [3.05, 3.63) is 138 Å². The van der Waals surface area contributed by atoms with E-state index in [1.54, 1.807) is 0 Å². The summed E-state index contributed by atoms with van der Waals surface area (Å²) in [7, 11) is -0.390. The van der Waals surface area contributed by atoms with E-state index in [9.17, 15) is 0 Å². The van der Waals surface area contributed by atoms with Gasteiger partial charge in [0.05, 0.1) is 16.6 Å². The first kappa shape index (κ1) is 27.5. The summed E-state index contributed by atoms with van der Waals surface area (Å²) in [6.07, 6.45) is 8.74. The molecule has 3 heteroatoms. The number of benzene rings is 4. The SMILES string of the molecule is C/C=C\C=C/[C@@H](C)C1(c2ccccc2)c2ccccc2-c2ccc(-c3cccc(B4OC(C)(C)C(C)(C)O4)c3)cc21. The van der Waals surface area contributed by atoms with Crippen molar-refractivity contribution in [3.63, 3.8) is 0 Å². The minimum atomic E-state index is -0.390. The smallest absolute Gasteiger partial charge is 0.399 e. The lowest BCUT2D eigenvalue weighted by Gasteiger charge is -2.37. The Balaban J connectivity index is 1.52. The molecule has 0 aromatic heterocycles. The van der Waals surface area contributed by atoms with Crippen molar-refractivity contribution in [2.45, 2.75) is 58.2 Å². The van der Waals surface area contributed by atoms with E-state index in [-0.39, 0.29) is 29.7 Å². The molecule has 0 amide bonds. The number of hydrogen-bond acceptors (Lipinski definition) is 2. The molecule has 0 N–H and O–H groups in total. The number of hydrogen-bond donors (Lipinski definition) is 0. The van der Waals surface area contributed by atoms with E-state index < -0.39 is 0 Å². The standard InChI is InChI=1S/C38H39BO2/c1-7-8-10-16-27(2)38(30-18-11-9-12-19-30)34-22-14-13-21-32(34)33-24-23-29(26-35(33)38)28-17-15-20-31(25-28)39-40-36(3,4)37(5,6)41-39/h7-27H,1-6H3/b8-7-,16-10-/t27-,38?/m1/s1. The minimum absolute atomic E-state index is 0.217. The lowest BCUT2D eigenvalue weighted by atomic mass is 9.64. The highest BCUT2D eigenvalue weighted by molar-refractivity contribution is 6.62. The van der Waals surface area contributed by atoms with Crippen LogP contribution in [-0.4, -0.2) is 18.3 Å². The molecule has 1 heterocycles. The molecule has 41 heavy (non-hydrogen) atoms. The van der Waals surface area contributed by atoms with Gasteiger partial charge in [-0.15, -0.1) is 0 Å². The summed E-state index contributed by atoms with van der Waals surface area (Å²) in [6, 6.07) is 35.6. The largest absolute Gasteiger partial charge is 0.494 e. The van der Waals surface area contributed by atoms with Crippen LogP contribution in [0.2, 0.25) is 0 Å². The maximum atomic E-state index is 6.39. The third-order valence-corrected chi connectivity index (χ3v) is 9.45. The first-order chi connectivity index (χ1) is 19.7. The lowest BCUT2D eigenvalue weighted by molar-refractivity contribution is 0.00578. The molecule has 2 aliphatic rings. The van der Waals surface area contributed by atoms with Crippen LogP contribution in [0.25, 0.3) is 22.3 Å². The summed E-state index contributed by atoms with van der Waals surface area (Å²) in [6.45, 7) is 12.8. The van der Waals surface area contributed by atoms with Crippen molar-refractivity contribution in [2.24, 2.45) is 5.92 Å². The number of rotatable bonds is 6. The third kappa shape index (κ3) is 4.43. The predicted molar refractivity (Wildman–Crippen MR) is 172 cm³/mol. The molecule has 2 nitrogen and oxygen atoms in total. The maximum Gasteiger partial charge on any atom is 0.494 e. The minimum Gasteiger partial charge on any atom is -0.399 e. The van der Waals surface area contributed by atoms with Gasteiger partial charge in [-0.25, -0.2) is 0 Å². The van der Waals surface area contributed by atoms with Gasteiger partial charge >= 0.3 is 7.12 Å². The topological polar surface area (TPSA) is 18.5 Å². The van der Waals surface area contributed by atoms with Crippen molar-refractivity contribution < 1.29 is 9.31 Å². The molecule has 1 aliphatic heterocycles. The van der Waals surface area contributed by atoms with Gasteiger partial charge in [-0.2, -0.15) is 0 Å². The molecule has 1 unspecified atom stereocenters. The van der Waals surface area contributed by atoms with Gasteiger partial charge in [0, 0.05) is 0 Å². The highest BCUT2D eigenvalue weighted by Crippen LogP contribution is 2.57. The molecule has 0 bridgehead atoms. The molecule has 6 rings (SSSR count). The van der Waals surface area contributed by atoms with Crippen LogP contribution < -0.4 is 5.46 Å². The molecule has 206 valence electrons. The Hall–Kier alpha value is -3.66. The van der Waals surface area contributed by atoms with Crippen LogP contribution >= 0.6 is 0 Å². The number of allylic oxidation sites excluding steroid dienone is 4. The van der Waals surface area contributed by atoms with Crippen molar-refractivity contribution in [1.82, 2.24) is 0 Å². The monoisotopic (exact) mass is 538 g/mol. The zero-order chi connectivity index (χ0) is 28.8. The molecule has 1 saturated heterocycles. The van der Waals surface area contributed by atoms with Gasteiger partial charge in [-0.1, -0.05) is 122 Å². The first-order valence-corrected chi connectivity index (χ1v) is 14.7. The van der Waals surface area contributed by atoms with Gasteiger partial charge in [-0.3, -0.25) is 0 Å². The van der Waals surface area contributed by atoms with Crippen LogP contribution in [-0.2, 0) is 14.7 Å². The van der Waals surface area contributed by atoms with Gasteiger partial charge in [0.2, 0.25) is 0 Å². The molecule has 4 aromatic carbocycles. The van der Waals surface area contributed by atoms with Gasteiger partial charge < -0.3 is 9.31 Å². The van der Waals surface area contributed by atoms with E-state index in [2.05, 4.69) is 163 Å². The van der Waals surface area contributed by atoms with Crippen molar-refractivity contribution >= 4 is 12.6 Å². The lowest BCUT2D eigenvalue weighted by Crippen LogP contribution is -2.41. The normalized spacial score (nSPS) is 21.4. The molecule has 2 atom stereocenters. The molecule has 1 aliphatic carbocycles. The van der Waals surface area contributed by atoms with Gasteiger partial charge in [-0.05, 0) is 91.0 Å². The van der Waals surface area contributed by atoms with E-state index in [1.165, 1.54) is 33.4 Å². The van der Waals surface area contributed by atoms with Crippen LogP contribution in [0.5, 0.6) is 0 Å². The van der Waals surface area contributed by atoms with Gasteiger partial charge in [0.25, 0.3) is 0 Å². The van der Waals surface area contributed by atoms with Crippen molar-refractivity contribution in [2.75, 3.05) is 0 Å². The third-order valence-electron chi connectivity index (χ3n) is 9.45. The van der Waals surface area contributed by atoms with Crippen LogP contribution in [0.1, 0.15) is 58.2 Å². The average molecular weight is 539 g/mol. The summed E-state index contributed by atoms with van der Waals surface area (Å²) < 4.78 is 12.8. The van der Waals surface area contributed by atoms with Gasteiger partial charge in [0.1, 0.15) is 0 Å². The molecule has 1 fully saturated rings. The zero-order valence-electron chi connectivity index (χ0n) is 25.0. The second kappa shape index (κ2) is 10.3.